The molecule has 0 aliphatic rings. The largest absolute Gasteiger partial charge is 0.494 e. The van der Waals surface area contributed by atoms with E-state index in [1.807, 2.05) is 19.1 Å². The minimum atomic E-state index is 0.0536. The second-order valence-corrected chi connectivity index (χ2v) is 7.06. The molecule has 0 bridgehead atoms. The zero-order chi connectivity index (χ0) is 14.8. The summed E-state index contributed by atoms with van der Waals surface area (Å²) >= 11 is 6.16. The molecular formula is C16H21NOS2. The van der Waals surface area contributed by atoms with Crippen LogP contribution >= 0.6 is 24.0 Å². The number of aromatic nitrogens is 1. The van der Waals surface area contributed by atoms with E-state index < -0.39 is 0 Å². The Labute approximate surface area is 130 Å². The Morgan fingerprint density at radius 2 is 1.85 bits per heavy atom. The van der Waals surface area contributed by atoms with Gasteiger partial charge in [0.05, 0.1) is 12.3 Å². The Morgan fingerprint density at radius 3 is 2.30 bits per heavy atom. The van der Waals surface area contributed by atoms with E-state index in [2.05, 4.69) is 45.5 Å². The summed E-state index contributed by atoms with van der Waals surface area (Å²) in [5.41, 5.74) is 2.34. The molecule has 0 amide bonds. The smallest absolute Gasteiger partial charge is 0.123 e. The quantitative estimate of drug-likeness (QED) is 0.809. The van der Waals surface area contributed by atoms with Crippen LogP contribution in [0.2, 0.25) is 0 Å². The molecule has 1 aromatic heterocycles. The number of thiol groups is 1. The molecule has 0 N–H and O–H groups in total. The fourth-order valence-corrected chi connectivity index (χ4v) is 3.51. The van der Waals surface area contributed by atoms with Crippen molar-refractivity contribution in [1.82, 2.24) is 4.98 Å². The maximum atomic E-state index is 5.47. The van der Waals surface area contributed by atoms with Gasteiger partial charge in [0.15, 0.2) is 0 Å². The lowest BCUT2D eigenvalue weighted by atomic mass is 9.91. The van der Waals surface area contributed by atoms with Crippen LogP contribution in [0, 0.1) is 0 Å². The van der Waals surface area contributed by atoms with Crippen LogP contribution in [0.3, 0.4) is 0 Å². The summed E-state index contributed by atoms with van der Waals surface area (Å²) in [6.07, 6.45) is 0. The Hall–Kier alpha value is -1.00. The van der Waals surface area contributed by atoms with Crippen LogP contribution in [0.15, 0.2) is 24.3 Å². The molecule has 0 atom stereocenters. The molecule has 0 saturated heterocycles. The Morgan fingerprint density at radius 1 is 1.20 bits per heavy atom. The summed E-state index contributed by atoms with van der Waals surface area (Å²) in [6, 6.07) is 8.13. The fourth-order valence-electron chi connectivity index (χ4n) is 2.03. The third-order valence-corrected chi connectivity index (χ3v) is 4.60. The van der Waals surface area contributed by atoms with Gasteiger partial charge in [-0.3, -0.25) is 0 Å². The highest BCUT2D eigenvalue weighted by Gasteiger charge is 2.22. The van der Waals surface area contributed by atoms with Gasteiger partial charge in [0.1, 0.15) is 10.8 Å². The van der Waals surface area contributed by atoms with Crippen molar-refractivity contribution in [3.8, 4) is 16.3 Å². The third-order valence-electron chi connectivity index (χ3n) is 2.96. The summed E-state index contributed by atoms with van der Waals surface area (Å²) in [7, 11) is 0. The van der Waals surface area contributed by atoms with Crippen LogP contribution in [0.4, 0.5) is 0 Å². The number of rotatable bonds is 4. The van der Waals surface area contributed by atoms with E-state index in [1.54, 1.807) is 11.3 Å². The van der Waals surface area contributed by atoms with Gasteiger partial charge in [-0.15, -0.1) is 11.3 Å². The molecule has 1 heterocycles. The zero-order valence-electron chi connectivity index (χ0n) is 12.4. The lowest BCUT2D eigenvalue weighted by Gasteiger charge is -2.16. The number of nitrogens with zero attached hydrogens (tertiary/aromatic N) is 1. The fraction of sp³-hybridized carbons (Fsp3) is 0.438. The van der Waals surface area contributed by atoms with Gasteiger partial charge in [0.25, 0.3) is 0 Å². The van der Waals surface area contributed by atoms with Gasteiger partial charge in [-0.05, 0) is 31.2 Å². The topological polar surface area (TPSA) is 22.1 Å². The molecule has 0 unspecified atom stereocenters. The summed E-state index contributed by atoms with van der Waals surface area (Å²) < 4.78 is 5.47. The molecule has 2 rings (SSSR count). The first-order valence-corrected chi connectivity index (χ1v) is 8.25. The van der Waals surface area contributed by atoms with Crippen LogP contribution < -0.4 is 4.74 Å². The lowest BCUT2D eigenvalue weighted by Crippen LogP contribution is -2.13. The average molecular weight is 307 g/mol. The van der Waals surface area contributed by atoms with E-state index in [9.17, 15) is 0 Å². The van der Waals surface area contributed by atoms with Crippen molar-refractivity contribution in [3.05, 3.63) is 34.8 Å². The third kappa shape index (κ3) is 3.36. The molecule has 2 aromatic rings. The van der Waals surface area contributed by atoms with Crippen molar-refractivity contribution in [3.63, 3.8) is 0 Å². The van der Waals surface area contributed by atoms with Crippen molar-refractivity contribution < 1.29 is 4.74 Å². The normalized spacial score (nSPS) is 11.7. The van der Waals surface area contributed by atoms with E-state index in [-0.39, 0.29) is 5.41 Å². The number of benzene rings is 1. The highest BCUT2D eigenvalue weighted by atomic mass is 32.1. The van der Waals surface area contributed by atoms with Crippen molar-refractivity contribution >= 4 is 24.0 Å². The van der Waals surface area contributed by atoms with E-state index in [0.717, 1.165) is 27.8 Å². The van der Waals surface area contributed by atoms with Crippen LogP contribution in [0.5, 0.6) is 5.75 Å². The van der Waals surface area contributed by atoms with Gasteiger partial charge in [-0.1, -0.05) is 20.8 Å². The van der Waals surface area contributed by atoms with Gasteiger partial charge < -0.3 is 4.74 Å². The second-order valence-electron chi connectivity index (χ2n) is 5.66. The van der Waals surface area contributed by atoms with Gasteiger partial charge in [-0.25, -0.2) is 4.98 Å². The molecular weight excluding hydrogens is 286 g/mol. The maximum absolute atomic E-state index is 5.47. The van der Waals surface area contributed by atoms with Gasteiger partial charge in [0.2, 0.25) is 0 Å². The van der Waals surface area contributed by atoms with E-state index >= 15 is 0 Å². The highest BCUT2D eigenvalue weighted by molar-refractivity contribution is 7.79. The number of hydrogen-bond acceptors (Lipinski definition) is 4. The van der Waals surface area contributed by atoms with Gasteiger partial charge in [0, 0.05) is 21.6 Å². The number of hydrogen-bond donors (Lipinski definition) is 1. The molecule has 0 aliphatic carbocycles. The molecule has 0 aliphatic heterocycles. The lowest BCUT2D eigenvalue weighted by molar-refractivity contribution is 0.340. The molecule has 0 spiro atoms. The molecule has 0 radical (unpaired) electrons. The van der Waals surface area contributed by atoms with Crippen molar-refractivity contribution in [2.45, 2.75) is 38.9 Å². The van der Waals surface area contributed by atoms with Crippen LogP contribution in [-0.2, 0) is 11.2 Å². The first kappa shape index (κ1) is 15.4. The molecule has 1 aromatic carbocycles. The first-order chi connectivity index (χ1) is 9.45. The van der Waals surface area contributed by atoms with Crippen molar-refractivity contribution in [1.29, 1.82) is 0 Å². The number of thiazole rings is 1. The molecule has 4 heteroatoms. The summed E-state index contributed by atoms with van der Waals surface area (Å²) in [5.74, 6) is 1.64. The van der Waals surface area contributed by atoms with E-state index in [1.165, 1.54) is 4.88 Å². The van der Waals surface area contributed by atoms with Crippen LogP contribution in [-0.4, -0.2) is 11.6 Å². The molecule has 108 valence electrons. The summed E-state index contributed by atoms with van der Waals surface area (Å²) in [5, 5.41) is 1.06. The number of ether oxygens (including phenoxy) is 1. The van der Waals surface area contributed by atoms with Crippen LogP contribution in [0.25, 0.3) is 10.6 Å². The van der Waals surface area contributed by atoms with Gasteiger partial charge in [-0.2, -0.15) is 12.6 Å². The molecule has 0 saturated carbocycles. The molecule has 20 heavy (non-hydrogen) atoms. The maximum Gasteiger partial charge on any atom is 0.123 e. The monoisotopic (exact) mass is 307 g/mol. The minimum Gasteiger partial charge on any atom is -0.494 e. The molecule has 2 nitrogen and oxygen atoms in total. The predicted octanol–water partition coefficient (Wildman–Crippen LogP) is 4.94. The Kier molecular flexibility index (Phi) is 4.76. The molecule has 0 fully saturated rings. The van der Waals surface area contributed by atoms with E-state index in [4.69, 9.17) is 9.72 Å². The van der Waals surface area contributed by atoms with Gasteiger partial charge >= 0.3 is 0 Å². The first-order valence-electron chi connectivity index (χ1n) is 6.80. The SMILES string of the molecule is CCOc1ccc(-c2nc(C(C)(C)C)c(CS)s2)cc1. The summed E-state index contributed by atoms with van der Waals surface area (Å²) in [6.45, 7) is 9.25. The van der Waals surface area contributed by atoms with Crippen LogP contribution in [0.1, 0.15) is 38.3 Å². The standard InChI is InChI=1S/C16H21NOS2/c1-5-18-12-8-6-11(7-9-12)15-17-14(16(2,3)4)13(10-19)20-15/h6-9,19H,5,10H2,1-4H3. The Balaban J connectivity index is 2.35. The van der Waals surface area contributed by atoms with Crippen molar-refractivity contribution in [2.24, 2.45) is 0 Å². The Bertz CT molecular complexity index is 567. The van der Waals surface area contributed by atoms with E-state index in [0.29, 0.717) is 6.61 Å². The minimum absolute atomic E-state index is 0.0536. The summed E-state index contributed by atoms with van der Waals surface area (Å²) in [4.78, 5) is 6.08. The predicted molar refractivity (Wildman–Crippen MR) is 90.1 cm³/mol. The van der Waals surface area contributed by atoms with Crippen molar-refractivity contribution in [2.75, 3.05) is 6.61 Å². The average Bonchev–Trinajstić information content (AvgIpc) is 2.84. The zero-order valence-corrected chi connectivity index (χ0v) is 14.1. The highest BCUT2D eigenvalue weighted by Crippen LogP contribution is 2.35. The second kappa shape index (κ2) is 6.19.